The molecule has 0 atom stereocenters. The van der Waals surface area contributed by atoms with Gasteiger partial charge in [0, 0.05) is 18.3 Å². The van der Waals surface area contributed by atoms with Gasteiger partial charge in [0.05, 0.1) is 11.4 Å². The lowest BCUT2D eigenvalue weighted by molar-refractivity contribution is 0.593. The summed E-state index contributed by atoms with van der Waals surface area (Å²) in [4.78, 5) is 41.9. The number of thioether (sulfide) groups is 1. The van der Waals surface area contributed by atoms with Crippen LogP contribution in [-0.2, 0) is 12.3 Å². The Morgan fingerprint density at radius 3 is 2.40 bits per heavy atom. The second-order valence-electron chi connectivity index (χ2n) is 9.74. The molecule has 0 aliphatic heterocycles. The first-order valence-corrected chi connectivity index (χ1v) is 13.2. The summed E-state index contributed by atoms with van der Waals surface area (Å²) < 4.78 is 5.30. The molecule has 0 amide bonds. The van der Waals surface area contributed by atoms with Crippen LogP contribution in [0.15, 0.2) is 20.8 Å². The number of aryl methyl sites for hydroxylation is 1. The fourth-order valence-corrected chi connectivity index (χ4v) is 4.90. The average molecular weight is 499 g/mol. The number of aromatic nitrogens is 8. The topological polar surface area (TPSA) is 116 Å². The summed E-state index contributed by atoms with van der Waals surface area (Å²) in [7, 11) is 0. The van der Waals surface area contributed by atoms with Crippen LogP contribution >= 0.6 is 11.8 Å². The molecule has 10 nitrogen and oxygen atoms in total. The first-order chi connectivity index (χ1) is 16.6. The van der Waals surface area contributed by atoms with Gasteiger partial charge in [-0.05, 0) is 38.2 Å². The molecule has 11 heteroatoms. The van der Waals surface area contributed by atoms with E-state index in [1.54, 1.807) is 4.57 Å². The first-order valence-electron chi connectivity index (χ1n) is 12.3. The molecular formula is C24H34N8O2S. The van der Waals surface area contributed by atoms with Gasteiger partial charge in [-0.2, -0.15) is 9.50 Å². The van der Waals surface area contributed by atoms with Gasteiger partial charge in [0.1, 0.15) is 5.82 Å². The fourth-order valence-electron chi connectivity index (χ4n) is 4.16. The molecule has 0 spiro atoms. The highest BCUT2D eigenvalue weighted by molar-refractivity contribution is 7.98. The van der Waals surface area contributed by atoms with E-state index < -0.39 is 11.2 Å². The molecule has 0 bridgehead atoms. The minimum atomic E-state index is -0.418. The predicted octanol–water partition coefficient (Wildman–Crippen LogP) is 4.24. The van der Waals surface area contributed by atoms with E-state index in [9.17, 15) is 9.59 Å². The average Bonchev–Trinajstić information content (AvgIpc) is 3.38. The van der Waals surface area contributed by atoms with E-state index in [4.69, 9.17) is 15.1 Å². The van der Waals surface area contributed by atoms with Crippen LogP contribution in [-0.4, -0.2) is 38.7 Å². The summed E-state index contributed by atoms with van der Waals surface area (Å²) in [5.41, 5.74) is 2.10. The van der Waals surface area contributed by atoms with Gasteiger partial charge in [-0.3, -0.25) is 14.3 Å². The Bertz CT molecular complexity index is 1470. The summed E-state index contributed by atoms with van der Waals surface area (Å²) in [6.07, 6.45) is 1.76. The molecule has 0 saturated heterocycles. The number of imidazole rings is 1. The quantitative estimate of drug-likeness (QED) is 0.343. The molecule has 0 aliphatic carbocycles. The number of unbranched alkanes of at least 4 members (excludes halogenated alkanes) is 1. The Hall–Kier alpha value is -2.95. The van der Waals surface area contributed by atoms with Gasteiger partial charge in [-0.25, -0.2) is 14.8 Å². The van der Waals surface area contributed by atoms with Gasteiger partial charge >= 0.3 is 5.69 Å². The van der Waals surface area contributed by atoms with Crippen molar-refractivity contribution < 1.29 is 0 Å². The normalized spacial score (nSPS) is 12.3. The third-order valence-corrected chi connectivity index (χ3v) is 6.84. The fraction of sp³-hybridized carbons (Fsp3) is 0.583. The van der Waals surface area contributed by atoms with E-state index >= 15 is 0 Å². The molecule has 4 aromatic heterocycles. The molecule has 1 N–H and O–H groups in total. The molecule has 4 rings (SSSR count). The zero-order chi connectivity index (χ0) is 25.4. The Labute approximate surface area is 208 Å². The van der Waals surface area contributed by atoms with Gasteiger partial charge in [0.25, 0.3) is 11.3 Å². The molecule has 0 unspecified atom stereocenters. The molecule has 4 aromatic rings. The third kappa shape index (κ3) is 4.78. The van der Waals surface area contributed by atoms with Crippen LogP contribution in [0, 0.1) is 0 Å². The van der Waals surface area contributed by atoms with Crippen LogP contribution in [0.5, 0.6) is 0 Å². The summed E-state index contributed by atoms with van der Waals surface area (Å²) in [5.74, 6) is 2.32. The number of hydrogen-bond donors (Lipinski definition) is 1. The molecular weight excluding hydrogens is 464 g/mol. The SMILES string of the molecule is CCCCn1c(=O)[nH]c(=O)c2c1nc(CSc1nc3nc(C(C)C)cc(C(C)C)n3n1)n2C(C)C. The lowest BCUT2D eigenvalue weighted by atomic mass is 10.1. The summed E-state index contributed by atoms with van der Waals surface area (Å²) in [5, 5.41) is 5.31. The highest BCUT2D eigenvalue weighted by Gasteiger charge is 2.21. The summed E-state index contributed by atoms with van der Waals surface area (Å²) in [6, 6.07) is 2.09. The second-order valence-corrected chi connectivity index (χ2v) is 10.7. The Balaban J connectivity index is 1.75. The number of hydrogen-bond acceptors (Lipinski definition) is 7. The third-order valence-electron chi connectivity index (χ3n) is 6.01. The largest absolute Gasteiger partial charge is 0.330 e. The van der Waals surface area contributed by atoms with Crippen LogP contribution < -0.4 is 11.2 Å². The number of nitrogens with one attached hydrogen (secondary N) is 1. The lowest BCUT2D eigenvalue weighted by Gasteiger charge is -2.12. The highest BCUT2D eigenvalue weighted by atomic mass is 32.2. The molecule has 35 heavy (non-hydrogen) atoms. The van der Waals surface area contributed by atoms with E-state index in [1.165, 1.54) is 11.8 Å². The van der Waals surface area contributed by atoms with Crippen LogP contribution in [0.2, 0.25) is 0 Å². The zero-order valence-corrected chi connectivity index (χ0v) is 22.3. The van der Waals surface area contributed by atoms with Crippen molar-refractivity contribution in [2.24, 2.45) is 0 Å². The molecule has 0 aromatic carbocycles. The van der Waals surface area contributed by atoms with Crippen molar-refractivity contribution in [1.29, 1.82) is 0 Å². The summed E-state index contributed by atoms with van der Waals surface area (Å²) in [6.45, 7) is 15.1. The van der Waals surface area contributed by atoms with Gasteiger partial charge < -0.3 is 4.57 Å². The van der Waals surface area contributed by atoms with E-state index in [0.29, 0.717) is 46.1 Å². The van der Waals surface area contributed by atoms with Crippen molar-refractivity contribution in [3.8, 4) is 0 Å². The van der Waals surface area contributed by atoms with Crippen LogP contribution in [0.25, 0.3) is 16.9 Å². The van der Waals surface area contributed by atoms with Crippen molar-refractivity contribution in [3.63, 3.8) is 0 Å². The monoisotopic (exact) mass is 498 g/mol. The minimum absolute atomic E-state index is 0.00864. The van der Waals surface area contributed by atoms with Crippen molar-refractivity contribution in [2.45, 2.75) is 96.6 Å². The first kappa shape index (κ1) is 25.2. The van der Waals surface area contributed by atoms with Crippen LogP contribution in [0.1, 0.15) is 96.4 Å². The Kier molecular flexibility index (Phi) is 7.16. The maximum atomic E-state index is 12.8. The molecule has 0 saturated carbocycles. The van der Waals surface area contributed by atoms with E-state index in [0.717, 1.165) is 24.2 Å². The maximum Gasteiger partial charge on any atom is 0.330 e. The lowest BCUT2D eigenvalue weighted by Crippen LogP contribution is -2.31. The van der Waals surface area contributed by atoms with E-state index in [2.05, 4.69) is 50.7 Å². The molecule has 0 aliphatic rings. The van der Waals surface area contributed by atoms with Crippen molar-refractivity contribution in [2.75, 3.05) is 0 Å². The van der Waals surface area contributed by atoms with E-state index in [1.807, 2.05) is 22.9 Å². The standard InChI is InChI=1S/C24H34N8O2S/c1-8-9-10-30-20-19(21(33)27-24(30)34)31(15(6)7)18(26-20)12-35-23-28-22-25-16(13(2)3)11-17(14(4)5)32(22)29-23/h11,13-15H,8-10,12H2,1-7H3,(H,27,33,34). The number of fused-ring (bicyclic) bond motifs is 2. The van der Waals surface area contributed by atoms with Gasteiger partial charge in [-0.15, -0.1) is 5.10 Å². The molecule has 0 fully saturated rings. The van der Waals surface area contributed by atoms with Crippen molar-refractivity contribution >= 4 is 28.7 Å². The van der Waals surface area contributed by atoms with Gasteiger partial charge in [0.2, 0.25) is 5.16 Å². The number of aromatic amines is 1. The Morgan fingerprint density at radius 2 is 1.77 bits per heavy atom. The second kappa shape index (κ2) is 9.96. The number of rotatable bonds is 9. The Morgan fingerprint density at radius 1 is 1.03 bits per heavy atom. The van der Waals surface area contributed by atoms with Gasteiger partial charge in [0.15, 0.2) is 11.2 Å². The molecule has 0 radical (unpaired) electrons. The zero-order valence-electron chi connectivity index (χ0n) is 21.5. The molecule has 188 valence electrons. The molecule has 4 heterocycles. The van der Waals surface area contributed by atoms with Crippen molar-refractivity contribution in [3.05, 3.63) is 44.1 Å². The van der Waals surface area contributed by atoms with Gasteiger partial charge in [-0.1, -0.05) is 52.8 Å². The van der Waals surface area contributed by atoms with Crippen LogP contribution in [0.4, 0.5) is 0 Å². The van der Waals surface area contributed by atoms with Crippen LogP contribution in [0.3, 0.4) is 0 Å². The summed E-state index contributed by atoms with van der Waals surface area (Å²) >= 11 is 1.45. The minimum Gasteiger partial charge on any atom is -0.319 e. The highest BCUT2D eigenvalue weighted by Crippen LogP contribution is 2.26. The number of H-pyrrole nitrogens is 1. The van der Waals surface area contributed by atoms with E-state index in [-0.39, 0.29) is 12.0 Å². The van der Waals surface area contributed by atoms with Crippen molar-refractivity contribution in [1.82, 2.24) is 38.7 Å². The number of nitrogens with zero attached hydrogens (tertiary/aromatic N) is 7. The maximum absolute atomic E-state index is 12.8. The predicted molar refractivity (Wildman–Crippen MR) is 138 cm³/mol. The smallest absolute Gasteiger partial charge is 0.319 e.